The molecule has 0 aliphatic carbocycles. The molecule has 2 rings (SSSR count). The van der Waals surface area contributed by atoms with E-state index in [1.54, 1.807) is 0 Å². The summed E-state index contributed by atoms with van der Waals surface area (Å²) in [6.07, 6.45) is -2.67. The fourth-order valence-electron chi connectivity index (χ4n) is 3.13. The lowest BCUT2D eigenvalue weighted by Crippen LogP contribution is -2.21. The number of halogens is 6. The van der Waals surface area contributed by atoms with E-state index in [0.29, 0.717) is 12.2 Å². The Kier molecular flexibility index (Phi) is 8.31. The lowest BCUT2D eigenvalue weighted by molar-refractivity contribution is -0.287. The molecule has 9 heteroatoms. The van der Waals surface area contributed by atoms with E-state index in [4.69, 9.17) is 4.42 Å². The van der Waals surface area contributed by atoms with Crippen LogP contribution in [0.1, 0.15) is 65.1 Å². The fourth-order valence-corrected chi connectivity index (χ4v) is 3.13. The average molecular weight is 464 g/mol. The van der Waals surface area contributed by atoms with Crippen LogP contribution < -0.4 is 9.47 Å². The molecule has 32 heavy (non-hydrogen) atoms. The fraction of sp³-hybridized carbons (Fsp3) is 0.478. The van der Waals surface area contributed by atoms with Crippen LogP contribution in [-0.4, -0.2) is 12.7 Å². The van der Waals surface area contributed by atoms with Crippen LogP contribution in [0, 0.1) is 0 Å². The van der Waals surface area contributed by atoms with Crippen molar-refractivity contribution in [2.24, 2.45) is 0 Å². The van der Waals surface area contributed by atoms with Crippen molar-refractivity contribution in [3.05, 3.63) is 47.3 Å². The van der Waals surface area contributed by atoms with E-state index in [9.17, 15) is 26.3 Å². The lowest BCUT2D eigenvalue weighted by atomic mass is 10.0. The molecule has 1 heterocycles. The molecule has 3 nitrogen and oxygen atoms in total. The minimum absolute atomic E-state index is 0.0194. The minimum atomic E-state index is -5.18. The summed E-state index contributed by atoms with van der Waals surface area (Å²) in [4.78, 5) is 0. The van der Waals surface area contributed by atoms with Crippen molar-refractivity contribution < 1.29 is 40.2 Å². The van der Waals surface area contributed by atoms with E-state index in [2.05, 4.69) is 28.5 Å². The first-order valence-corrected chi connectivity index (χ1v) is 10.1. The zero-order chi connectivity index (χ0) is 24.1. The van der Waals surface area contributed by atoms with E-state index in [1.807, 2.05) is 20.8 Å². The first-order chi connectivity index (χ1) is 14.7. The molecule has 0 bridgehead atoms. The Bertz CT molecular complexity index is 909. The number of benzene rings is 1. The molecular weight excluding hydrogens is 438 g/mol. The van der Waals surface area contributed by atoms with Gasteiger partial charge >= 0.3 is 12.7 Å². The van der Waals surface area contributed by atoms with Crippen molar-refractivity contribution in [1.82, 2.24) is 0 Å². The molecule has 0 saturated heterocycles. The highest BCUT2D eigenvalue weighted by atomic mass is 19.4. The number of furan rings is 1. The Morgan fingerprint density at radius 3 is 2.06 bits per heavy atom. The highest BCUT2D eigenvalue weighted by Crippen LogP contribution is 2.40. The zero-order valence-corrected chi connectivity index (χ0v) is 18.3. The average Bonchev–Trinajstić information content (AvgIpc) is 3.02. The van der Waals surface area contributed by atoms with Crippen LogP contribution in [0.5, 0.6) is 11.5 Å². The molecule has 0 amide bonds. The van der Waals surface area contributed by atoms with Crippen molar-refractivity contribution >= 4 is 11.0 Å². The second-order valence-electron chi connectivity index (χ2n) is 7.93. The quantitative estimate of drug-likeness (QED) is 0.274. The number of allylic oxidation sites excluding steroid dienone is 4. The van der Waals surface area contributed by atoms with E-state index in [0.717, 1.165) is 31.4 Å². The number of hydrogen-bond donors (Lipinski definition) is 0. The largest absolute Gasteiger partial charge is 0.573 e. The number of fused-ring (bicyclic) bond motifs is 1. The maximum absolute atomic E-state index is 12.6. The van der Waals surface area contributed by atoms with Gasteiger partial charge in [-0.2, -0.15) is 0 Å². The standard InChI is InChI=1S/C23H26F6O3/c1-14(2)7-5-8-15(3)9-6-10-16(4)18-11-17-12-20(31-22(24,25)26)21(13-19(17)30-18)32-23(27,28)29/h7,9,11-13,16H,5-6,8,10H2,1-4H3/b15-9+. The maximum Gasteiger partial charge on any atom is 0.573 e. The van der Waals surface area contributed by atoms with E-state index in [1.165, 1.54) is 17.2 Å². The van der Waals surface area contributed by atoms with Crippen molar-refractivity contribution in [1.29, 1.82) is 0 Å². The van der Waals surface area contributed by atoms with Gasteiger partial charge in [-0.25, -0.2) is 0 Å². The third kappa shape index (κ3) is 8.51. The van der Waals surface area contributed by atoms with Gasteiger partial charge in [-0.15, -0.1) is 26.3 Å². The maximum atomic E-state index is 12.6. The molecule has 1 unspecified atom stereocenters. The summed E-state index contributed by atoms with van der Waals surface area (Å²) >= 11 is 0. The van der Waals surface area contributed by atoms with Crippen LogP contribution in [0.3, 0.4) is 0 Å². The Morgan fingerprint density at radius 1 is 0.906 bits per heavy atom. The number of rotatable bonds is 9. The van der Waals surface area contributed by atoms with E-state index in [-0.39, 0.29) is 16.9 Å². The molecule has 0 aliphatic heterocycles. The third-order valence-corrected chi connectivity index (χ3v) is 4.72. The second-order valence-corrected chi connectivity index (χ2v) is 7.93. The van der Waals surface area contributed by atoms with E-state index < -0.39 is 24.2 Å². The Morgan fingerprint density at radius 2 is 1.50 bits per heavy atom. The summed E-state index contributed by atoms with van der Waals surface area (Å²) in [5.74, 6) is -1.84. The van der Waals surface area contributed by atoms with Gasteiger partial charge in [-0.3, -0.25) is 0 Å². The molecule has 1 atom stereocenters. The summed E-state index contributed by atoms with van der Waals surface area (Å²) in [6.45, 7) is 8.02. The monoisotopic (exact) mass is 464 g/mol. The van der Waals surface area contributed by atoms with Gasteiger partial charge in [0.1, 0.15) is 11.3 Å². The van der Waals surface area contributed by atoms with Crippen molar-refractivity contribution in [2.75, 3.05) is 0 Å². The van der Waals surface area contributed by atoms with Crippen molar-refractivity contribution in [3.8, 4) is 11.5 Å². The summed E-state index contributed by atoms with van der Waals surface area (Å²) < 4.78 is 88.7. The van der Waals surface area contributed by atoms with Gasteiger partial charge in [-0.05, 0) is 58.6 Å². The van der Waals surface area contributed by atoms with Crippen LogP contribution in [0.15, 0.2) is 45.9 Å². The van der Waals surface area contributed by atoms with Gasteiger partial charge in [0.2, 0.25) is 0 Å². The zero-order valence-electron chi connectivity index (χ0n) is 18.3. The molecule has 0 fully saturated rings. The van der Waals surface area contributed by atoms with Crippen LogP contribution >= 0.6 is 0 Å². The molecule has 2 aromatic rings. The summed E-state index contributed by atoms with van der Waals surface area (Å²) in [5.41, 5.74) is 2.50. The topological polar surface area (TPSA) is 31.6 Å². The molecule has 0 spiro atoms. The molecule has 0 aliphatic rings. The molecule has 0 saturated carbocycles. The first kappa shape index (κ1) is 25.7. The highest BCUT2D eigenvalue weighted by Gasteiger charge is 2.37. The van der Waals surface area contributed by atoms with Crippen LogP contribution in [0.25, 0.3) is 11.0 Å². The number of ether oxygens (including phenoxy) is 2. The predicted octanol–water partition coefficient (Wildman–Crippen LogP) is 8.81. The van der Waals surface area contributed by atoms with Gasteiger partial charge < -0.3 is 13.9 Å². The molecular formula is C23H26F6O3. The highest BCUT2D eigenvalue weighted by molar-refractivity contribution is 5.82. The number of alkyl halides is 6. The Balaban J connectivity index is 2.16. The van der Waals surface area contributed by atoms with Crippen molar-refractivity contribution in [3.63, 3.8) is 0 Å². The SMILES string of the molecule is CC(C)=CCC/C(C)=C/CCC(C)c1cc2cc(OC(F)(F)F)c(OC(F)(F)F)cc2o1. The molecule has 178 valence electrons. The van der Waals surface area contributed by atoms with Crippen LogP contribution in [0.2, 0.25) is 0 Å². The van der Waals surface area contributed by atoms with Crippen LogP contribution in [-0.2, 0) is 0 Å². The summed E-state index contributed by atoms with van der Waals surface area (Å²) in [5, 5.41) is 0.189. The predicted molar refractivity (Wildman–Crippen MR) is 110 cm³/mol. The Hall–Kier alpha value is -2.58. The van der Waals surface area contributed by atoms with Gasteiger partial charge in [-0.1, -0.05) is 30.2 Å². The molecule has 0 N–H and O–H groups in total. The molecule has 1 aromatic carbocycles. The van der Waals surface area contributed by atoms with Gasteiger partial charge in [0.15, 0.2) is 11.5 Å². The molecule has 0 radical (unpaired) electrons. The second kappa shape index (κ2) is 10.4. The van der Waals surface area contributed by atoms with E-state index >= 15 is 0 Å². The smallest absolute Gasteiger partial charge is 0.461 e. The Labute approximate surface area is 182 Å². The van der Waals surface area contributed by atoms with Crippen molar-refractivity contribution in [2.45, 2.75) is 72.0 Å². The lowest BCUT2D eigenvalue weighted by Gasteiger charge is -2.15. The number of hydrogen-bond acceptors (Lipinski definition) is 3. The summed E-state index contributed by atoms with van der Waals surface area (Å²) in [7, 11) is 0. The van der Waals surface area contributed by atoms with Gasteiger partial charge in [0.05, 0.1) is 0 Å². The van der Waals surface area contributed by atoms with Crippen LogP contribution in [0.4, 0.5) is 26.3 Å². The summed E-state index contributed by atoms with van der Waals surface area (Å²) in [6, 6.07) is 3.09. The van der Waals surface area contributed by atoms with Gasteiger partial charge in [0, 0.05) is 17.4 Å². The third-order valence-electron chi connectivity index (χ3n) is 4.72. The molecule has 1 aromatic heterocycles. The first-order valence-electron chi connectivity index (χ1n) is 10.1. The van der Waals surface area contributed by atoms with Gasteiger partial charge in [0.25, 0.3) is 0 Å². The normalized spacial score (nSPS) is 13.9. The minimum Gasteiger partial charge on any atom is -0.461 e.